The average Bonchev–Trinajstić information content (AvgIpc) is 3.21. The Morgan fingerprint density at radius 1 is 1.31 bits per heavy atom. The van der Waals surface area contributed by atoms with Crippen molar-refractivity contribution in [3.63, 3.8) is 0 Å². The van der Waals surface area contributed by atoms with Crippen molar-refractivity contribution in [1.82, 2.24) is 9.88 Å². The highest BCUT2D eigenvalue weighted by Gasteiger charge is 2.23. The van der Waals surface area contributed by atoms with Crippen LogP contribution in [-0.4, -0.2) is 55.3 Å². The van der Waals surface area contributed by atoms with E-state index in [0.29, 0.717) is 31.1 Å². The van der Waals surface area contributed by atoms with E-state index in [1.54, 1.807) is 23.2 Å². The summed E-state index contributed by atoms with van der Waals surface area (Å²) < 4.78 is 16.6. The zero-order valence-electron chi connectivity index (χ0n) is 15.0. The number of nitrogens with zero attached hydrogens (tertiary/aromatic N) is 2. The first-order chi connectivity index (χ1) is 12.8. The molecule has 2 aromatic rings. The summed E-state index contributed by atoms with van der Waals surface area (Å²) in [6, 6.07) is 13.0. The van der Waals surface area contributed by atoms with Gasteiger partial charge < -0.3 is 19.1 Å². The van der Waals surface area contributed by atoms with Crippen molar-refractivity contribution in [3.8, 4) is 11.6 Å². The topological polar surface area (TPSA) is 60.9 Å². The first kappa shape index (κ1) is 18.2. The Hall–Kier alpha value is -2.60. The predicted octanol–water partition coefficient (Wildman–Crippen LogP) is 2.79. The second-order valence-electron chi connectivity index (χ2n) is 6.13. The third-order valence-electron chi connectivity index (χ3n) is 4.30. The average molecular weight is 356 g/mol. The third kappa shape index (κ3) is 4.95. The lowest BCUT2D eigenvalue weighted by atomic mass is 10.2. The molecule has 0 aliphatic carbocycles. The number of hydrogen-bond acceptors (Lipinski definition) is 5. The Balaban J connectivity index is 1.66. The van der Waals surface area contributed by atoms with Gasteiger partial charge in [-0.1, -0.05) is 18.2 Å². The van der Waals surface area contributed by atoms with Crippen LogP contribution in [0.5, 0.6) is 11.6 Å². The molecule has 1 atom stereocenters. The van der Waals surface area contributed by atoms with E-state index in [2.05, 4.69) is 4.98 Å². The van der Waals surface area contributed by atoms with Gasteiger partial charge in [0.25, 0.3) is 5.91 Å². The smallest absolute Gasteiger partial charge is 0.254 e. The van der Waals surface area contributed by atoms with Crippen LogP contribution in [0.3, 0.4) is 0 Å². The first-order valence-corrected chi connectivity index (χ1v) is 8.85. The van der Waals surface area contributed by atoms with E-state index in [4.69, 9.17) is 14.2 Å². The van der Waals surface area contributed by atoms with Crippen LogP contribution in [0.25, 0.3) is 0 Å². The van der Waals surface area contributed by atoms with Crippen molar-refractivity contribution >= 4 is 5.91 Å². The maximum absolute atomic E-state index is 13.0. The van der Waals surface area contributed by atoms with Gasteiger partial charge in [0.1, 0.15) is 12.4 Å². The molecule has 1 fully saturated rings. The minimum absolute atomic E-state index is 0.0714. The summed E-state index contributed by atoms with van der Waals surface area (Å²) >= 11 is 0. The molecule has 0 spiro atoms. The molecule has 0 radical (unpaired) electrons. The molecule has 1 saturated heterocycles. The lowest BCUT2D eigenvalue weighted by molar-refractivity contribution is 0.0493. The number of para-hydroxylation sites is 1. The van der Waals surface area contributed by atoms with Gasteiger partial charge in [0, 0.05) is 31.0 Å². The predicted molar refractivity (Wildman–Crippen MR) is 97.6 cm³/mol. The molecule has 26 heavy (non-hydrogen) atoms. The highest BCUT2D eigenvalue weighted by Crippen LogP contribution is 2.17. The van der Waals surface area contributed by atoms with Gasteiger partial charge in [-0.15, -0.1) is 0 Å². The Labute approximate surface area is 153 Å². The molecular formula is C20H24N2O4. The lowest BCUT2D eigenvalue weighted by Crippen LogP contribution is -2.40. The molecule has 1 aromatic heterocycles. The summed E-state index contributed by atoms with van der Waals surface area (Å²) in [5.74, 6) is 1.15. The van der Waals surface area contributed by atoms with Gasteiger partial charge in [-0.2, -0.15) is 0 Å². The van der Waals surface area contributed by atoms with E-state index in [1.807, 2.05) is 30.3 Å². The SMILES string of the molecule is COc1cc(C(=O)N(CCOc2ccccc2)CC2CCCO2)ccn1. The Morgan fingerprint density at radius 3 is 2.88 bits per heavy atom. The molecule has 138 valence electrons. The van der Waals surface area contributed by atoms with Crippen molar-refractivity contribution in [1.29, 1.82) is 0 Å². The number of benzene rings is 1. The van der Waals surface area contributed by atoms with Gasteiger partial charge in [-0.3, -0.25) is 4.79 Å². The molecule has 1 amide bonds. The summed E-state index contributed by atoms with van der Waals surface area (Å²) in [5, 5.41) is 0. The highest BCUT2D eigenvalue weighted by atomic mass is 16.5. The molecular weight excluding hydrogens is 332 g/mol. The number of carbonyl (C=O) groups excluding carboxylic acids is 1. The van der Waals surface area contributed by atoms with Gasteiger partial charge in [-0.05, 0) is 31.0 Å². The fourth-order valence-corrected chi connectivity index (χ4v) is 2.94. The molecule has 3 rings (SSSR count). The van der Waals surface area contributed by atoms with Crippen LogP contribution in [0.15, 0.2) is 48.7 Å². The number of hydrogen-bond donors (Lipinski definition) is 0. The first-order valence-electron chi connectivity index (χ1n) is 8.85. The standard InChI is InChI=1S/C20H24N2O4/c1-24-19-14-16(9-10-21-19)20(23)22(15-18-8-5-12-25-18)11-13-26-17-6-3-2-4-7-17/h2-4,6-7,9-10,14,18H,5,8,11-13,15H2,1H3. The number of aromatic nitrogens is 1. The number of rotatable bonds is 8. The molecule has 6 heteroatoms. The molecule has 1 aliphatic heterocycles. The molecule has 0 N–H and O–H groups in total. The van der Waals surface area contributed by atoms with Crippen LogP contribution in [0.2, 0.25) is 0 Å². The normalized spacial score (nSPS) is 16.3. The van der Waals surface area contributed by atoms with Gasteiger partial charge in [-0.25, -0.2) is 4.98 Å². The molecule has 2 heterocycles. The number of carbonyl (C=O) groups is 1. The van der Waals surface area contributed by atoms with E-state index >= 15 is 0 Å². The monoisotopic (exact) mass is 356 g/mol. The fourth-order valence-electron chi connectivity index (χ4n) is 2.94. The van der Waals surface area contributed by atoms with Crippen LogP contribution < -0.4 is 9.47 Å². The molecule has 1 unspecified atom stereocenters. The summed E-state index contributed by atoms with van der Waals surface area (Å²) in [6.07, 6.45) is 3.68. The number of pyridine rings is 1. The summed E-state index contributed by atoms with van der Waals surface area (Å²) in [6.45, 7) is 2.22. The van der Waals surface area contributed by atoms with Crippen LogP contribution in [0.1, 0.15) is 23.2 Å². The van der Waals surface area contributed by atoms with E-state index in [1.165, 1.54) is 7.11 Å². The Bertz CT molecular complexity index is 702. The molecule has 0 saturated carbocycles. The van der Waals surface area contributed by atoms with Crippen LogP contribution in [-0.2, 0) is 4.74 Å². The van der Waals surface area contributed by atoms with Crippen LogP contribution in [0.4, 0.5) is 0 Å². The number of amides is 1. The number of ether oxygens (including phenoxy) is 3. The van der Waals surface area contributed by atoms with Crippen molar-refractivity contribution in [3.05, 3.63) is 54.2 Å². The second-order valence-corrected chi connectivity index (χ2v) is 6.13. The maximum atomic E-state index is 13.0. The minimum atomic E-state index is -0.0714. The third-order valence-corrected chi connectivity index (χ3v) is 4.30. The highest BCUT2D eigenvalue weighted by molar-refractivity contribution is 5.94. The quantitative estimate of drug-likeness (QED) is 0.728. The van der Waals surface area contributed by atoms with Gasteiger partial charge in [0.05, 0.1) is 19.8 Å². The van der Waals surface area contributed by atoms with Crippen LogP contribution in [0, 0.1) is 0 Å². The zero-order valence-corrected chi connectivity index (χ0v) is 15.0. The summed E-state index contributed by atoms with van der Waals surface area (Å²) in [4.78, 5) is 18.8. The molecule has 6 nitrogen and oxygen atoms in total. The van der Waals surface area contributed by atoms with Crippen molar-refractivity contribution in [2.45, 2.75) is 18.9 Å². The fraction of sp³-hybridized carbons (Fsp3) is 0.400. The van der Waals surface area contributed by atoms with Gasteiger partial charge >= 0.3 is 0 Å². The molecule has 1 aromatic carbocycles. The van der Waals surface area contributed by atoms with E-state index < -0.39 is 0 Å². The van der Waals surface area contributed by atoms with Gasteiger partial charge in [0.2, 0.25) is 5.88 Å². The van der Waals surface area contributed by atoms with Crippen molar-refractivity contribution in [2.75, 3.05) is 33.4 Å². The zero-order chi connectivity index (χ0) is 18.2. The minimum Gasteiger partial charge on any atom is -0.492 e. The summed E-state index contributed by atoms with van der Waals surface area (Å²) in [5.41, 5.74) is 0.551. The second kappa shape index (κ2) is 9.20. The summed E-state index contributed by atoms with van der Waals surface area (Å²) in [7, 11) is 1.54. The van der Waals surface area contributed by atoms with Crippen molar-refractivity contribution < 1.29 is 19.0 Å². The van der Waals surface area contributed by atoms with E-state index in [0.717, 1.165) is 25.2 Å². The Morgan fingerprint density at radius 2 is 2.15 bits per heavy atom. The number of methoxy groups -OCH3 is 1. The molecule has 1 aliphatic rings. The van der Waals surface area contributed by atoms with Crippen LogP contribution >= 0.6 is 0 Å². The van der Waals surface area contributed by atoms with E-state index in [9.17, 15) is 4.79 Å². The largest absolute Gasteiger partial charge is 0.492 e. The van der Waals surface area contributed by atoms with Gasteiger partial charge in [0.15, 0.2) is 0 Å². The van der Waals surface area contributed by atoms with Crippen molar-refractivity contribution in [2.24, 2.45) is 0 Å². The lowest BCUT2D eigenvalue weighted by Gasteiger charge is -2.25. The van der Waals surface area contributed by atoms with E-state index in [-0.39, 0.29) is 12.0 Å². The molecule has 0 bridgehead atoms. The Kier molecular flexibility index (Phi) is 6.44. The maximum Gasteiger partial charge on any atom is 0.254 e.